The Labute approximate surface area is 170 Å². The van der Waals surface area contributed by atoms with E-state index in [1.165, 1.54) is 5.56 Å². The molecule has 0 fully saturated rings. The summed E-state index contributed by atoms with van der Waals surface area (Å²) in [7, 11) is 1.65. The first-order valence-corrected chi connectivity index (χ1v) is 9.36. The van der Waals surface area contributed by atoms with Crippen LogP contribution in [0.5, 0.6) is 0 Å². The normalized spacial score (nSPS) is 10.9. The van der Waals surface area contributed by atoms with Crippen LogP contribution in [0.3, 0.4) is 0 Å². The highest BCUT2D eigenvalue weighted by Crippen LogP contribution is 2.23. The molecule has 0 amide bonds. The number of hydrogen-bond donors (Lipinski definition) is 2. The van der Waals surface area contributed by atoms with Crippen LogP contribution in [0.1, 0.15) is 11.1 Å². The van der Waals surface area contributed by atoms with E-state index < -0.39 is 0 Å². The molecule has 0 spiro atoms. The number of hydrogen-bond acceptors (Lipinski definition) is 4. The van der Waals surface area contributed by atoms with Crippen molar-refractivity contribution in [2.45, 2.75) is 6.92 Å². The van der Waals surface area contributed by atoms with E-state index in [1.807, 2.05) is 41.2 Å². The van der Waals surface area contributed by atoms with Crippen LogP contribution in [0.15, 0.2) is 65.9 Å². The van der Waals surface area contributed by atoms with Crippen molar-refractivity contribution in [2.75, 3.05) is 20.3 Å². The van der Waals surface area contributed by atoms with Gasteiger partial charge in [-0.2, -0.15) is 10.2 Å². The zero-order valence-electron chi connectivity index (χ0n) is 15.9. The molecule has 144 valence electrons. The largest absolute Gasteiger partial charge is 0.383 e. The van der Waals surface area contributed by atoms with Gasteiger partial charge in [-0.25, -0.2) is 4.68 Å². The molecule has 3 aromatic rings. The summed E-state index contributed by atoms with van der Waals surface area (Å²) in [6, 6.07) is 18.3. The quantitative estimate of drug-likeness (QED) is 0.279. The predicted molar refractivity (Wildman–Crippen MR) is 117 cm³/mol. The fourth-order valence-corrected chi connectivity index (χ4v) is 2.75. The lowest BCUT2D eigenvalue weighted by molar-refractivity contribution is 0.204. The van der Waals surface area contributed by atoms with Gasteiger partial charge in [-0.1, -0.05) is 48.0 Å². The van der Waals surface area contributed by atoms with Crippen LogP contribution >= 0.6 is 12.2 Å². The molecule has 1 heterocycles. The van der Waals surface area contributed by atoms with Gasteiger partial charge in [-0.15, -0.1) is 0 Å². The Hall–Kier alpha value is -3.03. The molecule has 0 saturated carbocycles. The summed E-state index contributed by atoms with van der Waals surface area (Å²) in [5.74, 6) is 0. The van der Waals surface area contributed by atoms with E-state index in [-0.39, 0.29) is 0 Å². The number of benzene rings is 2. The highest BCUT2D eigenvalue weighted by atomic mass is 32.1. The van der Waals surface area contributed by atoms with E-state index in [4.69, 9.17) is 22.1 Å². The molecular weight excluding hydrogens is 370 g/mol. The van der Waals surface area contributed by atoms with Crippen molar-refractivity contribution in [2.24, 2.45) is 5.10 Å². The molecule has 6 nitrogen and oxygen atoms in total. The average Bonchev–Trinajstić information content (AvgIpc) is 3.14. The van der Waals surface area contributed by atoms with Crippen LogP contribution in [-0.4, -0.2) is 41.4 Å². The molecule has 0 saturated heterocycles. The lowest BCUT2D eigenvalue weighted by atomic mass is 10.1. The van der Waals surface area contributed by atoms with Gasteiger partial charge in [-0.3, -0.25) is 5.43 Å². The van der Waals surface area contributed by atoms with E-state index in [1.54, 1.807) is 13.3 Å². The number of nitrogens with zero attached hydrogens (tertiary/aromatic N) is 3. The van der Waals surface area contributed by atoms with E-state index in [9.17, 15) is 0 Å². The lowest BCUT2D eigenvalue weighted by Gasteiger charge is -2.05. The van der Waals surface area contributed by atoms with Gasteiger partial charge in [-0.05, 0) is 31.3 Å². The maximum absolute atomic E-state index is 5.19. The number of hydrazone groups is 1. The minimum Gasteiger partial charge on any atom is -0.383 e. The lowest BCUT2D eigenvalue weighted by Crippen LogP contribution is -2.34. The molecule has 0 aliphatic rings. The summed E-state index contributed by atoms with van der Waals surface area (Å²) < 4.78 is 6.84. The Morgan fingerprint density at radius 3 is 2.64 bits per heavy atom. The highest BCUT2D eigenvalue weighted by Gasteiger charge is 2.11. The topological polar surface area (TPSA) is 63.5 Å². The highest BCUT2D eigenvalue weighted by molar-refractivity contribution is 7.80. The van der Waals surface area contributed by atoms with Crippen molar-refractivity contribution in [3.8, 4) is 16.9 Å². The minimum absolute atomic E-state index is 0.445. The second-order valence-electron chi connectivity index (χ2n) is 6.20. The zero-order valence-corrected chi connectivity index (χ0v) is 16.7. The molecule has 28 heavy (non-hydrogen) atoms. The van der Waals surface area contributed by atoms with E-state index in [0.717, 1.165) is 22.5 Å². The summed E-state index contributed by atoms with van der Waals surface area (Å²) in [6.07, 6.45) is 3.68. The van der Waals surface area contributed by atoms with Gasteiger partial charge in [0.15, 0.2) is 5.11 Å². The molecule has 0 radical (unpaired) electrons. The van der Waals surface area contributed by atoms with Gasteiger partial charge in [0.05, 0.1) is 18.5 Å². The molecule has 0 bridgehead atoms. The summed E-state index contributed by atoms with van der Waals surface area (Å²) >= 11 is 5.19. The van der Waals surface area contributed by atoms with E-state index >= 15 is 0 Å². The average molecular weight is 394 g/mol. The molecule has 0 aliphatic heterocycles. The monoisotopic (exact) mass is 393 g/mol. The Balaban J connectivity index is 1.84. The van der Waals surface area contributed by atoms with Crippen molar-refractivity contribution in [1.29, 1.82) is 0 Å². The van der Waals surface area contributed by atoms with Crippen LogP contribution in [0.25, 0.3) is 16.9 Å². The van der Waals surface area contributed by atoms with Crippen LogP contribution in [-0.2, 0) is 4.74 Å². The SMILES string of the molecule is COCCNC(=S)N/N=C\c1cn(-c2ccccc2)nc1-c1ccc(C)cc1. The van der Waals surface area contributed by atoms with Crippen molar-refractivity contribution in [3.05, 3.63) is 71.9 Å². The molecule has 0 aliphatic carbocycles. The van der Waals surface area contributed by atoms with Gasteiger partial charge >= 0.3 is 0 Å². The molecule has 3 rings (SSSR count). The number of rotatable bonds is 7. The first-order valence-electron chi connectivity index (χ1n) is 8.95. The first-order chi connectivity index (χ1) is 13.7. The van der Waals surface area contributed by atoms with Gasteiger partial charge in [0.2, 0.25) is 0 Å². The fourth-order valence-electron chi connectivity index (χ4n) is 2.60. The van der Waals surface area contributed by atoms with Gasteiger partial charge < -0.3 is 10.1 Å². The summed E-state index contributed by atoms with van der Waals surface area (Å²) in [4.78, 5) is 0. The van der Waals surface area contributed by atoms with Crippen LogP contribution in [0.2, 0.25) is 0 Å². The number of methoxy groups -OCH3 is 1. The van der Waals surface area contributed by atoms with Crippen molar-refractivity contribution < 1.29 is 4.74 Å². The van der Waals surface area contributed by atoms with Crippen molar-refractivity contribution in [1.82, 2.24) is 20.5 Å². The number of aryl methyl sites for hydroxylation is 1. The predicted octanol–water partition coefficient (Wildman–Crippen LogP) is 3.29. The second kappa shape index (κ2) is 9.77. The number of aromatic nitrogens is 2. The van der Waals surface area contributed by atoms with Crippen molar-refractivity contribution in [3.63, 3.8) is 0 Å². The summed E-state index contributed by atoms with van der Waals surface area (Å²) in [5.41, 5.74) is 7.79. The number of para-hydroxylation sites is 1. The van der Waals surface area contributed by atoms with Crippen molar-refractivity contribution >= 4 is 23.5 Å². The maximum Gasteiger partial charge on any atom is 0.187 e. The summed E-state index contributed by atoms with van der Waals surface area (Å²) in [6.45, 7) is 3.27. The Morgan fingerprint density at radius 2 is 1.93 bits per heavy atom. The third-order valence-corrected chi connectivity index (χ3v) is 4.29. The van der Waals surface area contributed by atoms with Gasteiger partial charge in [0, 0.05) is 31.0 Å². The Morgan fingerprint density at radius 1 is 1.18 bits per heavy atom. The van der Waals surface area contributed by atoms with Crippen LogP contribution in [0.4, 0.5) is 0 Å². The fraction of sp³-hybridized carbons (Fsp3) is 0.190. The molecule has 0 atom stereocenters. The Bertz CT molecular complexity index is 935. The second-order valence-corrected chi connectivity index (χ2v) is 6.61. The van der Waals surface area contributed by atoms with Gasteiger partial charge in [0.25, 0.3) is 0 Å². The molecule has 2 aromatic carbocycles. The third-order valence-electron chi connectivity index (χ3n) is 4.05. The van der Waals surface area contributed by atoms with Crippen LogP contribution < -0.4 is 10.7 Å². The van der Waals surface area contributed by atoms with E-state index in [2.05, 4.69) is 47.0 Å². The smallest absolute Gasteiger partial charge is 0.187 e. The zero-order chi connectivity index (χ0) is 19.8. The standard InChI is InChI=1S/C21H23N5OS/c1-16-8-10-17(11-9-16)20-18(14-23-24-21(28)22-12-13-27-2)15-26(25-20)19-6-4-3-5-7-19/h3-11,14-15H,12-13H2,1-2H3,(H2,22,24,28)/b23-14-. The number of ether oxygens (including phenoxy) is 1. The number of nitrogens with one attached hydrogen (secondary N) is 2. The summed E-state index contributed by atoms with van der Waals surface area (Å²) in [5, 5.41) is 12.5. The maximum atomic E-state index is 5.19. The van der Waals surface area contributed by atoms with Gasteiger partial charge in [0.1, 0.15) is 5.69 Å². The third kappa shape index (κ3) is 5.25. The van der Waals surface area contributed by atoms with Crippen LogP contribution in [0, 0.1) is 6.92 Å². The Kier molecular flexibility index (Phi) is 6.89. The number of thiocarbonyl (C=S) groups is 1. The molecule has 7 heteroatoms. The van der Waals surface area contributed by atoms with E-state index in [0.29, 0.717) is 18.3 Å². The molecular formula is C21H23N5OS. The molecule has 0 unspecified atom stereocenters. The minimum atomic E-state index is 0.445. The molecule has 1 aromatic heterocycles. The first kappa shape index (κ1) is 19.7. The molecule has 2 N–H and O–H groups in total.